The summed E-state index contributed by atoms with van der Waals surface area (Å²) >= 11 is 0. The van der Waals surface area contributed by atoms with Gasteiger partial charge < -0.3 is 9.15 Å². The van der Waals surface area contributed by atoms with Crippen LogP contribution in [0.25, 0.3) is 11.0 Å². The molecule has 1 saturated heterocycles. The molecule has 5 rings (SSSR count). The van der Waals surface area contributed by atoms with Gasteiger partial charge in [-0.25, -0.2) is 9.80 Å². The van der Waals surface area contributed by atoms with Gasteiger partial charge in [0.15, 0.2) is 0 Å². The van der Waals surface area contributed by atoms with Gasteiger partial charge in [0.1, 0.15) is 5.58 Å². The zero-order valence-corrected chi connectivity index (χ0v) is 18.6. The molecule has 0 radical (unpaired) electrons. The zero-order chi connectivity index (χ0) is 24.6. The van der Waals surface area contributed by atoms with Gasteiger partial charge >= 0.3 is 11.8 Å². The Morgan fingerprint density at radius 1 is 1.06 bits per heavy atom. The molecule has 182 valence electrons. The molecule has 2 aliphatic rings. The first-order valence-corrected chi connectivity index (χ1v) is 11.2. The largest absolute Gasteiger partial charge is 0.422 e. The lowest BCUT2D eigenvalue weighted by Crippen LogP contribution is -2.43. The third kappa shape index (κ3) is 4.71. The second-order valence-corrected chi connectivity index (χ2v) is 8.46. The number of para-hydroxylation sites is 1. The van der Waals surface area contributed by atoms with Gasteiger partial charge in [0.25, 0.3) is 5.91 Å². The van der Waals surface area contributed by atoms with Crippen molar-refractivity contribution in [2.75, 3.05) is 32.8 Å². The van der Waals surface area contributed by atoms with Crippen molar-refractivity contribution in [2.45, 2.75) is 18.6 Å². The van der Waals surface area contributed by atoms with Crippen LogP contribution in [0.3, 0.4) is 0 Å². The summed E-state index contributed by atoms with van der Waals surface area (Å²) in [4.78, 5) is 27.9. The number of carbonyl (C=O) groups is 1. The summed E-state index contributed by atoms with van der Waals surface area (Å²) in [7, 11) is 0. The van der Waals surface area contributed by atoms with Crippen molar-refractivity contribution in [3.8, 4) is 0 Å². The van der Waals surface area contributed by atoms with Gasteiger partial charge in [-0.1, -0.05) is 36.4 Å². The SMILES string of the molecule is O=C(CN1CCOCC1)N1N=C(c2cc3ccccc3oc2=O)CC1c1ccccc1C(F)(F)F. The summed E-state index contributed by atoms with van der Waals surface area (Å²) in [5, 5.41) is 6.12. The Kier molecular flexibility index (Phi) is 6.16. The van der Waals surface area contributed by atoms with Crippen LogP contribution in [-0.2, 0) is 15.7 Å². The molecule has 0 N–H and O–H groups in total. The monoisotopic (exact) mass is 485 g/mol. The fourth-order valence-corrected chi connectivity index (χ4v) is 4.48. The van der Waals surface area contributed by atoms with E-state index in [1.807, 2.05) is 4.90 Å². The van der Waals surface area contributed by atoms with Gasteiger partial charge in [-0.3, -0.25) is 9.69 Å². The number of hydrogen-bond donors (Lipinski definition) is 0. The molecule has 7 nitrogen and oxygen atoms in total. The first kappa shape index (κ1) is 23.3. The highest BCUT2D eigenvalue weighted by atomic mass is 19.4. The molecule has 2 aliphatic heterocycles. The minimum Gasteiger partial charge on any atom is -0.422 e. The van der Waals surface area contributed by atoms with Crippen LogP contribution >= 0.6 is 0 Å². The predicted octanol–water partition coefficient (Wildman–Crippen LogP) is 3.82. The van der Waals surface area contributed by atoms with Crippen LogP contribution < -0.4 is 5.63 Å². The van der Waals surface area contributed by atoms with Crippen molar-refractivity contribution in [1.29, 1.82) is 0 Å². The molecule has 0 bridgehead atoms. The maximum absolute atomic E-state index is 13.8. The number of amides is 1. The Bertz CT molecular complexity index is 1350. The first-order chi connectivity index (χ1) is 16.8. The molecule has 0 saturated carbocycles. The maximum atomic E-state index is 13.8. The molecule has 0 aliphatic carbocycles. The highest BCUT2D eigenvalue weighted by Gasteiger charge is 2.41. The second kappa shape index (κ2) is 9.27. The van der Waals surface area contributed by atoms with Gasteiger partial charge in [0.2, 0.25) is 0 Å². The van der Waals surface area contributed by atoms with Crippen molar-refractivity contribution in [2.24, 2.45) is 5.10 Å². The number of halogens is 3. The summed E-state index contributed by atoms with van der Waals surface area (Å²) in [6.45, 7) is 2.00. The standard InChI is InChI=1S/C25H22F3N3O4/c26-25(27,28)19-7-3-2-6-17(19)21-14-20(18-13-16-5-1-4-8-22(16)35-24(18)33)29-31(21)23(32)15-30-9-11-34-12-10-30/h1-8,13,21H,9-12,14-15H2. The van der Waals surface area contributed by atoms with E-state index in [0.29, 0.717) is 37.3 Å². The van der Waals surface area contributed by atoms with E-state index in [1.54, 1.807) is 30.3 Å². The van der Waals surface area contributed by atoms with Crippen LogP contribution in [-0.4, -0.2) is 54.4 Å². The molecule has 2 aromatic carbocycles. The molecule has 1 fully saturated rings. The number of hydrazone groups is 1. The first-order valence-electron chi connectivity index (χ1n) is 11.2. The topological polar surface area (TPSA) is 75.3 Å². The molecule has 3 heterocycles. The fraction of sp³-hybridized carbons (Fsp3) is 0.320. The van der Waals surface area contributed by atoms with E-state index in [-0.39, 0.29) is 29.8 Å². The third-order valence-corrected chi connectivity index (χ3v) is 6.21. The third-order valence-electron chi connectivity index (χ3n) is 6.21. The predicted molar refractivity (Wildman–Crippen MR) is 122 cm³/mol. The lowest BCUT2D eigenvalue weighted by molar-refractivity contribution is -0.141. The number of morpholine rings is 1. The van der Waals surface area contributed by atoms with E-state index in [4.69, 9.17) is 9.15 Å². The molecule has 3 aromatic rings. The van der Waals surface area contributed by atoms with Crippen molar-refractivity contribution >= 4 is 22.6 Å². The summed E-state index contributed by atoms with van der Waals surface area (Å²) in [5.41, 5.74) is -0.844. The number of alkyl halides is 3. The molecule has 1 aromatic heterocycles. The minimum absolute atomic E-state index is 0.0167. The van der Waals surface area contributed by atoms with E-state index >= 15 is 0 Å². The lowest BCUT2D eigenvalue weighted by Gasteiger charge is -2.29. The van der Waals surface area contributed by atoms with Crippen molar-refractivity contribution < 1.29 is 27.1 Å². The molecule has 10 heteroatoms. The Morgan fingerprint density at radius 3 is 2.54 bits per heavy atom. The van der Waals surface area contributed by atoms with Crippen molar-refractivity contribution in [1.82, 2.24) is 9.91 Å². The molecule has 0 spiro atoms. The lowest BCUT2D eigenvalue weighted by atomic mass is 9.94. The van der Waals surface area contributed by atoms with Gasteiger partial charge in [-0.15, -0.1) is 0 Å². The van der Waals surface area contributed by atoms with Gasteiger partial charge in [-0.05, 0) is 23.8 Å². The summed E-state index contributed by atoms with van der Waals surface area (Å²) < 4.78 is 52.2. The number of nitrogens with zero attached hydrogens (tertiary/aromatic N) is 3. The summed E-state index contributed by atoms with van der Waals surface area (Å²) in [5.74, 6) is -0.450. The quantitative estimate of drug-likeness (QED) is 0.526. The number of fused-ring (bicyclic) bond motifs is 1. The molecular weight excluding hydrogens is 463 g/mol. The molecule has 1 unspecified atom stereocenters. The average molecular weight is 485 g/mol. The molecular formula is C25H22F3N3O4. The zero-order valence-electron chi connectivity index (χ0n) is 18.6. The molecule has 1 amide bonds. The Labute approximate surface area is 198 Å². The average Bonchev–Trinajstić information content (AvgIpc) is 3.29. The van der Waals surface area contributed by atoms with E-state index in [1.165, 1.54) is 18.2 Å². The number of carbonyl (C=O) groups excluding carboxylic acids is 1. The van der Waals surface area contributed by atoms with Crippen LogP contribution in [0, 0.1) is 0 Å². The highest BCUT2D eigenvalue weighted by molar-refractivity contribution is 6.04. The highest BCUT2D eigenvalue weighted by Crippen LogP contribution is 2.40. The molecule has 1 atom stereocenters. The van der Waals surface area contributed by atoms with Gasteiger partial charge in [-0.2, -0.15) is 18.3 Å². The van der Waals surface area contributed by atoms with Crippen LogP contribution in [0.1, 0.15) is 29.2 Å². The Balaban J connectivity index is 1.55. The fourth-order valence-electron chi connectivity index (χ4n) is 4.48. The molecule has 35 heavy (non-hydrogen) atoms. The number of benzene rings is 2. The summed E-state index contributed by atoms with van der Waals surface area (Å²) in [6.07, 6.45) is -4.66. The second-order valence-electron chi connectivity index (χ2n) is 8.46. The smallest absolute Gasteiger partial charge is 0.416 e. The number of ether oxygens (including phenoxy) is 1. The van der Waals surface area contributed by atoms with E-state index in [2.05, 4.69) is 5.10 Å². The van der Waals surface area contributed by atoms with E-state index < -0.39 is 29.3 Å². The van der Waals surface area contributed by atoms with Crippen LogP contribution in [0.4, 0.5) is 13.2 Å². The van der Waals surface area contributed by atoms with E-state index in [9.17, 15) is 22.8 Å². The maximum Gasteiger partial charge on any atom is 0.416 e. The van der Waals surface area contributed by atoms with E-state index in [0.717, 1.165) is 11.1 Å². The number of hydrogen-bond acceptors (Lipinski definition) is 6. The Hall–Kier alpha value is -3.50. The summed E-state index contributed by atoms with van der Waals surface area (Å²) in [6, 6.07) is 12.7. The minimum atomic E-state index is -4.61. The van der Waals surface area contributed by atoms with Gasteiger partial charge in [0.05, 0.1) is 42.6 Å². The number of rotatable bonds is 4. The van der Waals surface area contributed by atoms with Gasteiger partial charge in [0, 0.05) is 24.9 Å². The Morgan fingerprint density at radius 2 is 1.77 bits per heavy atom. The normalized spacial score (nSPS) is 19.2. The van der Waals surface area contributed by atoms with Crippen molar-refractivity contribution in [3.63, 3.8) is 0 Å². The van der Waals surface area contributed by atoms with Crippen LogP contribution in [0.5, 0.6) is 0 Å². The van der Waals surface area contributed by atoms with Crippen molar-refractivity contribution in [3.05, 3.63) is 81.7 Å². The van der Waals surface area contributed by atoms with Crippen LogP contribution in [0.2, 0.25) is 0 Å². The van der Waals surface area contributed by atoms with Crippen LogP contribution in [0.15, 0.2) is 68.9 Å².